The number of likely N-dealkylation sites (tertiary alicyclic amines) is 1. The fourth-order valence-corrected chi connectivity index (χ4v) is 5.97. The zero-order valence-electron chi connectivity index (χ0n) is 17.8. The number of cyclic esters (lactones) is 1. The Hall–Kier alpha value is -2.04. The maximum atomic E-state index is 13.0. The van der Waals surface area contributed by atoms with Gasteiger partial charge in [0.05, 0.1) is 5.54 Å². The van der Waals surface area contributed by atoms with E-state index in [0.29, 0.717) is 17.9 Å². The SMILES string of the molecule is CC(C)(C)c1cccc(C2CC3(CCN(C(=O)C4CC5(COC(=O)N5)C4)C3)C2)c1. The third kappa shape index (κ3) is 3.23. The van der Waals surface area contributed by atoms with Gasteiger partial charge >= 0.3 is 6.09 Å². The fourth-order valence-electron chi connectivity index (χ4n) is 5.97. The molecule has 1 aromatic rings. The van der Waals surface area contributed by atoms with Gasteiger partial charge in [-0.15, -0.1) is 0 Å². The molecule has 156 valence electrons. The number of nitrogens with one attached hydrogen (secondary N) is 1. The van der Waals surface area contributed by atoms with Crippen LogP contribution in [0.1, 0.15) is 69.9 Å². The van der Waals surface area contributed by atoms with Crippen molar-refractivity contribution in [1.82, 2.24) is 10.2 Å². The van der Waals surface area contributed by atoms with Crippen molar-refractivity contribution in [1.29, 1.82) is 0 Å². The molecule has 2 saturated heterocycles. The van der Waals surface area contributed by atoms with Crippen LogP contribution < -0.4 is 5.32 Å². The summed E-state index contributed by atoms with van der Waals surface area (Å²) < 4.78 is 5.03. The van der Waals surface area contributed by atoms with Crippen LogP contribution in [0.25, 0.3) is 0 Å². The first-order valence-electron chi connectivity index (χ1n) is 11.0. The Bertz CT molecular complexity index is 844. The zero-order valence-corrected chi connectivity index (χ0v) is 17.8. The quantitative estimate of drug-likeness (QED) is 0.823. The molecular weight excluding hydrogens is 364 g/mol. The highest BCUT2D eigenvalue weighted by atomic mass is 16.6. The summed E-state index contributed by atoms with van der Waals surface area (Å²) in [6.07, 6.45) is 4.64. The maximum absolute atomic E-state index is 13.0. The highest BCUT2D eigenvalue weighted by Crippen LogP contribution is 2.56. The van der Waals surface area contributed by atoms with Crippen LogP contribution in [0.4, 0.5) is 4.79 Å². The lowest BCUT2D eigenvalue weighted by molar-refractivity contribution is -0.140. The van der Waals surface area contributed by atoms with Crippen molar-refractivity contribution in [2.45, 2.75) is 69.7 Å². The first kappa shape index (κ1) is 19.0. The van der Waals surface area contributed by atoms with Crippen LogP contribution in [0.2, 0.25) is 0 Å². The van der Waals surface area contributed by atoms with E-state index in [2.05, 4.69) is 55.3 Å². The number of hydrogen-bond acceptors (Lipinski definition) is 3. The van der Waals surface area contributed by atoms with Crippen molar-refractivity contribution in [3.63, 3.8) is 0 Å². The molecule has 0 unspecified atom stereocenters. The van der Waals surface area contributed by atoms with E-state index in [9.17, 15) is 9.59 Å². The summed E-state index contributed by atoms with van der Waals surface area (Å²) in [7, 11) is 0. The van der Waals surface area contributed by atoms with Crippen LogP contribution in [-0.4, -0.2) is 42.1 Å². The zero-order chi connectivity index (χ0) is 20.4. The molecular formula is C24H32N2O3. The molecule has 1 N–H and O–H groups in total. The van der Waals surface area contributed by atoms with E-state index in [1.807, 2.05) is 0 Å². The molecule has 2 aliphatic heterocycles. The van der Waals surface area contributed by atoms with Gasteiger partial charge in [-0.3, -0.25) is 4.79 Å². The van der Waals surface area contributed by atoms with Crippen LogP contribution in [-0.2, 0) is 14.9 Å². The van der Waals surface area contributed by atoms with Crippen LogP contribution >= 0.6 is 0 Å². The van der Waals surface area contributed by atoms with E-state index >= 15 is 0 Å². The lowest BCUT2D eigenvalue weighted by Crippen LogP contribution is -2.58. The number of hydrogen-bond donors (Lipinski definition) is 1. The first-order valence-corrected chi connectivity index (χ1v) is 11.0. The summed E-state index contributed by atoms with van der Waals surface area (Å²) in [5.74, 6) is 0.962. The number of amides is 2. The minimum absolute atomic E-state index is 0.0477. The Kier molecular flexibility index (Phi) is 4.07. The van der Waals surface area contributed by atoms with E-state index in [0.717, 1.165) is 32.4 Å². The van der Waals surface area contributed by atoms with Gasteiger partial charge in [-0.05, 0) is 60.0 Å². The minimum atomic E-state index is -0.341. The highest BCUT2D eigenvalue weighted by molar-refractivity contribution is 5.82. The standard InChI is InChI=1S/C24H32N2O3/c1-22(2,3)19-6-4-5-16(9-19)17-10-23(11-17)7-8-26(14-23)20(27)18-12-24(13-18)15-29-21(28)25-24/h4-6,9,17-18H,7-8,10-15H2,1-3H3,(H,25,28). The molecule has 4 aliphatic rings. The van der Waals surface area contributed by atoms with Crippen LogP contribution in [0, 0.1) is 11.3 Å². The molecule has 2 amide bonds. The van der Waals surface area contributed by atoms with Crippen molar-refractivity contribution in [2.24, 2.45) is 11.3 Å². The molecule has 4 fully saturated rings. The molecule has 0 bridgehead atoms. The molecule has 1 aromatic carbocycles. The van der Waals surface area contributed by atoms with E-state index in [1.54, 1.807) is 0 Å². The lowest BCUT2D eigenvalue weighted by Gasteiger charge is -2.47. The Labute approximate surface area is 173 Å². The van der Waals surface area contributed by atoms with Crippen molar-refractivity contribution < 1.29 is 14.3 Å². The molecule has 0 radical (unpaired) electrons. The molecule has 0 atom stereocenters. The van der Waals surface area contributed by atoms with Gasteiger partial charge in [-0.1, -0.05) is 45.0 Å². The number of carbonyl (C=O) groups excluding carboxylic acids is 2. The Balaban J connectivity index is 1.17. The van der Waals surface area contributed by atoms with Gasteiger partial charge in [0.1, 0.15) is 6.61 Å². The third-order valence-electron chi connectivity index (χ3n) is 7.80. The lowest BCUT2D eigenvalue weighted by atomic mass is 9.59. The van der Waals surface area contributed by atoms with Gasteiger partial charge in [0.2, 0.25) is 5.91 Å². The topological polar surface area (TPSA) is 58.6 Å². The molecule has 2 aliphatic carbocycles. The number of rotatable bonds is 2. The maximum Gasteiger partial charge on any atom is 0.407 e. The molecule has 5 nitrogen and oxygen atoms in total. The summed E-state index contributed by atoms with van der Waals surface area (Å²) >= 11 is 0. The second-order valence-electron chi connectivity index (χ2n) is 11.1. The van der Waals surface area contributed by atoms with E-state index in [4.69, 9.17) is 4.74 Å². The van der Waals surface area contributed by atoms with Gasteiger partial charge in [-0.2, -0.15) is 0 Å². The summed E-state index contributed by atoms with van der Waals surface area (Å²) in [4.78, 5) is 26.4. The largest absolute Gasteiger partial charge is 0.447 e. The predicted octanol–water partition coefficient (Wildman–Crippen LogP) is 3.97. The van der Waals surface area contributed by atoms with Gasteiger partial charge in [0.25, 0.3) is 0 Å². The molecule has 5 heteroatoms. The minimum Gasteiger partial charge on any atom is -0.447 e. The Morgan fingerprint density at radius 2 is 1.97 bits per heavy atom. The summed E-state index contributed by atoms with van der Waals surface area (Å²) in [6.45, 7) is 9.01. The van der Waals surface area contributed by atoms with Crippen LogP contribution in [0.3, 0.4) is 0 Å². The van der Waals surface area contributed by atoms with Crippen LogP contribution in [0.5, 0.6) is 0 Å². The van der Waals surface area contributed by atoms with E-state index in [-0.39, 0.29) is 28.9 Å². The van der Waals surface area contributed by atoms with Gasteiger partial charge in [0.15, 0.2) is 0 Å². The van der Waals surface area contributed by atoms with Gasteiger partial charge < -0.3 is 15.0 Å². The average Bonchev–Trinajstić information content (AvgIpc) is 3.22. The van der Waals surface area contributed by atoms with Crippen molar-refractivity contribution in [3.8, 4) is 0 Å². The molecule has 5 rings (SSSR count). The number of carbonyl (C=O) groups is 2. The smallest absolute Gasteiger partial charge is 0.407 e. The average molecular weight is 397 g/mol. The first-order chi connectivity index (χ1) is 13.7. The molecule has 2 heterocycles. The Morgan fingerprint density at radius 1 is 1.21 bits per heavy atom. The molecule has 2 saturated carbocycles. The summed E-state index contributed by atoms with van der Waals surface area (Å²) in [5.41, 5.74) is 3.10. The molecule has 2 spiro atoms. The monoisotopic (exact) mass is 396 g/mol. The highest BCUT2D eigenvalue weighted by Gasteiger charge is 2.55. The number of benzene rings is 1. The number of alkyl carbamates (subject to hydrolysis) is 1. The van der Waals surface area contributed by atoms with E-state index < -0.39 is 0 Å². The van der Waals surface area contributed by atoms with Crippen molar-refractivity contribution in [2.75, 3.05) is 19.7 Å². The van der Waals surface area contributed by atoms with Crippen LogP contribution in [0.15, 0.2) is 24.3 Å². The van der Waals surface area contributed by atoms with Crippen molar-refractivity contribution >= 4 is 12.0 Å². The number of ether oxygens (including phenoxy) is 1. The van der Waals surface area contributed by atoms with Gasteiger partial charge in [0, 0.05) is 19.0 Å². The summed E-state index contributed by atoms with van der Waals surface area (Å²) in [6, 6.07) is 9.10. The summed E-state index contributed by atoms with van der Waals surface area (Å²) in [5, 5.41) is 2.89. The van der Waals surface area contributed by atoms with E-state index in [1.165, 1.54) is 24.0 Å². The second-order valence-corrected chi connectivity index (χ2v) is 11.1. The predicted molar refractivity (Wildman–Crippen MR) is 111 cm³/mol. The van der Waals surface area contributed by atoms with Crippen molar-refractivity contribution in [3.05, 3.63) is 35.4 Å². The Morgan fingerprint density at radius 3 is 2.62 bits per heavy atom. The molecule has 29 heavy (non-hydrogen) atoms. The second kappa shape index (κ2) is 6.23. The normalized spacial score (nSPS) is 36.0. The number of nitrogens with zero attached hydrogens (tertiary/aromatic N) is 1. The third-order valence-corrected chi connectivity index (χ3v) is 7.80. The van der Waals surface area contributed by atoms with Gasteiger partial charge in [-0.25, -0.2) is 4.79 Å². The fraction of sp³-hybridized carbons (Fsp3) is 0.667. The molecule has 0 aromatic heterocycles.